The monoisotopic (exact) mass is 217 g/mol. The van der Waals surface area contributed by atoms with Crippen LogP contribution in [0.4, 0.5) is 0 Å². The number of terminal acetylenes is 1. The standard InChI is InChI=1S/C14H19NO/c1-4-8-16-14-7-6-11(3)9-12(14)10-13(15)5-2/h1,6-7,9,13H,5,8,10,15H2,2-3H3. The van der Waals surface area contributed by atoms with Gasteiger partial charge in [-0.1, -0.05) is 30.5 Å². The van der Waals surface area contributed by atoms with Gasteiger partial charge in [-0.2, -0.15) is 0 Å². The maximum atomic E-state index is 5.96. The Morgan fingerprint density at radius 3 is 2.88 bits per heavy atom. The predicted octanol–water partition coefficient (Wildman–Crippen LogP) is 2.29. The highest BCUT2D eigenvalue weighted by atomic mass is 16.5. The zero-order chi connectivity index (χ0) is 12.0. The summed E-state index contributed by atoms with van der Waals surface area (Å²) >= 11 is 0. The number of benzene rings is 1. The Hall–Kier alpha value is -1.46. The Morgan fingerprint density at radius 2 is 2.25 bits per heavy atom. The van der Waals surface area contributed by atoms with Crippen LogP contribution < -0.4 is 10.5 Å². The second-order valence-corrected chi connectivity index (χ2v) is 3.98. The molecule has 0 radical (unpaired) electrons. The third-order valence-corrected chi connectivity index (χ3v) is 2.53. The largest absolute Gasteiger partial charge is 0.481 e. The lowest BCUT2D eigenvalue weighted by Gasteiger charge is -2.14. The van der Waals surface area contributed by atoms with Crippen molar-refractivity contribution in [1.29, 1.82) is 0 Å². The van der Waals surface area contributed by atoms with E-state index in [4.69, 9.17) is 16.9 Å². The van der Waals surface area contributed by atoms with Gasteiger partial charge in [-0.15, -0.1) is 6.42 Å². The molecule has 0 bridgehead atoms. The van der Waals surface area contributed by atoms with Crippen LogP contribution in [0.5, 0.6) is 5.75 Å². The lowest BCUT2D eigenvalue weighted by Crippen LogP contribution is -2.21. The number of hydrogen-bond acceptors (Lipinski definition) is 2. The summed E-state index contributed by atoms with van der Waals surface area (Å²) in [5.41, 5.74) is 8.31. The second kappa shape index (κ2) is 6.19. The van der Waals surface area contributed by atoms with Gasteiger partial charge in [0, 0.05) is 6.04 Å². The molecule has 2 heteroatoms. The first-order valence-corrected chi connectivity index (χ1v) is 5.58. The van der Waals surface area contributed by atoms with E-state index in [0.29, 0.717) is 6.61 Å². The minimum atomic E-state index is 0.176. The number of aryl methyl sites for hydroxylation is 1. The quantitative estimate of drug-likeness (QED) is 0.768. The summed E-state index contributed by atoms with van der Waals surface area (Å²) in [7, 11) is 0. The van der Waals surface area contributed by atoms with Gasteiger partial charge in [-0.05, 0) is 31.4 Å². The highest BCUT2D eigenvalue weighted by molar-refractivity contribution is 5.37. The van der Waals surface area contributed by atoms with E-state index in [-0.39, 0.29) is 6.04 Å². The summed E-state index contributed by atoms with van der Waals surface area (Å²) < 4.78 is 5.50. The summed E-state index contributed by atoms with van der Waals surface area (Å²) in [5.74, 6) is 3.33. The van der Waals surface area contributed by atoms with E-state index in [1.807, 2.05) is 12.1 Å². The van der Waals surface area contributed by atoms with E-state index in [0.717, 1.165) is 24.2 Å². The Morgan fingerprint density at radius 1 is 1.50 bits per heavy atom. The summed E-state index contributed by atoms with van der Waals surface area (Å²) in [6.07, 6.45) is 6.98. The average Bonchev–Trinajstić information content (AvgIpc) is 2.28. The lowest BCUT2D eigenvalue weighted by molar-refractivity contribution is 0.364. The van der Waals surface area contributed by atoms with Crippen molar-refractivity contribution in [2.75, 3.05) is 6.61 Å². The summed E-state index contributed by atoms with van der Waals surface area (Å²) in [6.45, 7) is 4.45. The van der Waals surface area contributed by atoms with Crippen LogP contribution in [-0.4, -0.2) is 12.6 Å². The average molecular weight is 217 g/mol. The van der Waals surface area contributed by atoms with Gasteiger partial charge in [0.05, 0.1) is 0 Å². The molecule has 0 aliphatic rings. The van der Waals surface area contributed by atoms with Gasteiger partial charge in [-0.25, -0.2) is 0 Å². The van der Waals surface area contributed by atoms with E-state index < -0.39 is 0 Å². The third kappa shape index (κ3) is 3.60. The predicted molar refractivity (Wildman–Crippen MR) is 67.5 cm³/mol. The number of rotatable bonds is 5. The van der Waals surface area contributed by atoms with Crippen molar-refractivity contribution in [3.8, 4) is 18.1 Å². The zero-order valence-corrected chi connectivity index (χ0v) is 9.99. The molecule has 0 spiro atoms. The van der Waals surface area contributed by atoms with Crippen molar-refractivity contribution in [3.05, 3.63) is 29.3 Å². The molecule has 0 saturated carbocycles. The van der Waals surface area contributed by atoms with Crippen LogP contribution in [0.25, 0.3) is 0 Å². The van der Waals surface area contributed by atoms with Crippen LogP contribution in [0.1, 0.15) is 24.5 Å². The molecule has 1 rings (SSSR count). The SMILES string of the molecule is C#CCOc1ccc(C)cc1CC(N)CC. The van der Waals surface area contributed by atoms with E-state index in [1.54, 1.807) is 0 Å². The fourth-order valence-electron chi connectivity index (χ4n) is 1.55. The van der Waals surface area contributed by atoms with Gasteiger partial charge in [0.2, 0.25) is 0 Å². The van der Waals surface area contributed by atoms with E-state index in [2.05, 4.69) is 25.8 Å². The normalized spacial score (nSPS) is 11.9. The van der Waals surface area contributed by atoms with Crippen LogP contribution in [0, 0.1) is 19.3 Å². The molecule has 1 atom stereocenters. The lowest BCUT2D eigenvalue weighted by atomic mass is 10.0. The Balaban J connectivity index is 2.85. The Bertz CT molecular complexity index is 379. The molecule has 0 amide bonds. The van der Waals surface area contributed by atoms with Crippen LogP contribution in [0.15, 0.2) is 18.2 Å². The van der Waals surface area contributed by atoms with Crippen LogP contribution in [0.3, 0.4) is 0 Å². The molecule has 2 N–H and O–H groups in total. The van der Waals surface area contributed by atoms with Gasteiger partial charge in [-0.3, -0.25) is 0 Å². The minimum absolute atomic E-state index is 0.176. The molecular formula is C14H19NO. The van der Waals surface area contributed by atoms with Gasteiger partial charge >= 0.3 is 0 Å². The molecule has 0 saturated heterocycles. The molecule has 0 aromatic heterocycles. The van der Waals surface area contributed by atoms with Crippen molar-refractivity contribution in [1.82, 2.24) is 0 Å². The van der Waals surface area contributed by atoms with Gasteiger partial charge in [0.1, 0.15) is 12.4 Å². The van der Waals surface area contributed by atoms with Crippen LogP contribution in [-0.2, 0) is 6.42 Å². The highest BCUT2D eigenvalue weighted by Crippen LogP contribution is 2.21. The van der Waals surface area contributed by atoms with Crippen molar-refractivity contribution in [3.63, 3.8) is 0 Å². The molecule has 0 fully saturated rings. The Kier molecular flexibility index (Phi) is 4.88. The number of hydrogen-bond donors (Lipinski definition) is 1. The van der Waals surface area contributed by atoms with Crippen LogP contribution >= 0.6 is 0 Å². The third-order valence-electron chi connectivity index (χ3n) is 2.53. The summed E-state index contributed by atoms with van der Waals surface area (Å²) in [5, 5.41) is 0. The summed E-state index contributed by atoms with van der Waals surface area (Å²) in [4.78, 5) is 0. The van der Waals surface area contributed by atoms with Crippen molar-refractivity contribution < 1.29 is 4.74 Å². The van der Waals surface area contributed by atoms with E-state index in [1.165, 1.54) is 5.56 Å². The zero-order valence-electron chi connectivity index (χ0n) is 9.99. The highest BCUT2D eigenvalue weighted by Gasteiger charge is 2.08. The van der Waals surface area contributed by atoms with Gasteiger partial charge in [0.25, 0.3) is 0 Å². The minimum Gasteiger partial charge on any atom is -0.481 e. The molecule has 1 aromatic carbocycles. The summed E-state index contributed by atoms with van der Waals surface area (Å²) in [6, 6.07) is 6.27. The van der Waals surface area contributed by atoms with E-state index >= 15 is 0 Å². The van der Waals surface area contributed by atoms with Gasteiger partial charge < -0.3 is 10.5 Å². The first-order chi connectivity index (χ1) is 7.67. The van der Waals surface area contributed by atoms with Gasteiger partial charge in [0.15, 0.2) is 0 Å². The second-order valence-electron chi connectivity index (χ2n) is 3.98. The molecule has 1 aromatic rings. The molecule has 0 aliphatic carbocycles. The maximum Gasteiger partial charge on any atom is 0.148 e. The fraction of sp³-hybridized carbons (Fsp3) is 0.429. The molecule has 0 aliphatic heterocycles. The maximum absolute atomic E-state index is 5.96. The first kappa shape index (κ1) is 12.6. The Labute approximate surface area is 97.8 Å². The first-order valence-electron chi connectivity index (χ1n) is 5.58. The van der Waals surface area contributed by atoms with Crippen molar-refractivity contribution in [2.24, 2.45) is 5.73 Å². The molecule has 1 unspecified atom stereocenters. The molecule has 2 nitrogen and oxygen atoms in total. The van der Waals surface area contributed by atoms with E-state index in [9.17, 15) is 0 Å². The molecule has 86 valence electrons. The molecule has 0 heterocycles. The molecule has 16 heavy (non-hydrogen) atoms. The topological polar surface area (TPSA) is 35.2 Å². The van der Waals surface area contributed by atoms with Crippen LogP contribution in [0.2, 0.25) is 0 Å². The molecular weight excluding hydrogens is 198 g/mol. The number of nitrogens with two attached hydrogens (primary N) is 1. The fourth-order valence-corrected chi connectivity index (χ4v) is 1.55. The van der Waals surface area contributed by atoms with Crippen molar-refractivity contribution >= 4 is 0 Å². The van der Waals surface area contributed by atoms with Crippen molar-refractivity contribution in [2.45, 2.75) is 32.7 Å². The smallest absolute Gasteiger partial charge is 0.148 e. The number of ether oxygens (including phenoxy) is 1.